The van der Waals surface area contributed by atoms with E-state index in [1.807, 2.05) is 12.1 Å². The second kappa shape index (κ2) is 6.35. The van der Waals surface area contributed by atoms with E-state index in [-0.39, 0.29) is 0 Å². The van der Waals surface area contributed by atoms with Crippen molar-refractivity contribution in [3.05, 3.63) is 35.0 Å². The van der Waals surface area contributed by atoms with Crippen molar-refractivity contribution in [3.8, 4) is 11.4 Å². The SMILES string of the molecule is CCCCCN1c2nc(Br)[nH]c2Cn2c(-c3ccncc3)nnc21. The number of hydrogen-bond donors (Lipinski definition) is 1. The number of nitrogens with one attached hydrogen (secondary N) is 1. The van der Waals surface area contributed by atoms with Gasteiger partial charge in [-0.05, 0) is 34.5 Å². The number of anilines is 2. The van der Waals surface area contributed by atoms with E-state index in [2.05, 4.69) is 57.5 Å². The standard InChI is InChI=1S/C16H18BrN7/c1-2-3-4-9-23-14-12(19-15(17)20-14)10-24-13(21-22-16(23)24)11-5-7-18-8-6-11/h5-8H,2-4,9-10H2,1H3,(H,19,20). The van der Waals surface area contributed by atoms with Gasteiger partial charge in [0.05, 0.1) is 12.2 Å². The highest BCUT2D eigenvalue weighted by Gasteiger charge is 2.30. The molecule has 3 aromatic heterocycles. The summed E-state index contributed by atoms with van der Waals surface area (Å²) in [5, 5.41) is 8.87. The number of halogens is 1. The van der Waals surface area contributed by atoms with E-state index in [1.165, 1.54) is 12.8 Å². The molecule has 0 saturated heterocycles. The predicted octanol–water partition coefficient (Wildman–Crippen LogP) is 3.52. The number of unbranched alkanes of at least 4 members (excludes halogenated alkanes) is 2. The first kappa shape index (κ1) is 15.3. The van der Waals surface area contributed by atoms with Gasteiger partial charge in [-0.25, -0.2) is 4.98 Å². The van der Waals surface area contributed by atoms with Crippen LogP contribution in [0.25, 0.3) is 11.4 Å². The molecule has 4 rings (SSSR count). The van der Waals surface area contributed by atoms with Gasteiger partial charge in [0.1, 0.15) is 0 Å². The average Bonchev–Trinajstić information content (AvgIpc) is 3.18. The molecule has 0 aliphatic carbocycles. The molecule has 3 aromatic rings. The van der Waals surface area contributed by atoms with Crippen LogP contribution in [0.2, 0.25) is 0 Å². The van der Waals surface area contributed by atoms with Gasteiger partial charge in [0.2, 0.25) is 5.95 Å². The Morgan fingerprint density at radius 3 is 2.83 bits per heavy atom. The van der Waals surface area contributed by atoms with Gasteiger partial charge >= 0.3 is 0 Å². The lowest BCUT2D eigenvalue weighted by atomic mass is 10.2. The van der Waals surface area contributed by atoms with E-state index in [4.69, 9.17) is 0 Å². The van der Waals surface area contributed by atoms with Crippen molar-refractivity contribution in [2.45, 2.75) is 32.7 Å². The van der Waals surface area contributed by atoms with Crippen LogP contribution in [0, 0.1) is 0 Å². The number of rotatable bonds is 5. The fourth-order valence-electron chi connectivity index (χ4n) is 3.04. The highest BCUT2D eigenvalue weighted by atomic mass is 79.9. The molecule has 1 N–H and O–H groups in total. The third-order valence-corrected chi connectivity index (χ3v) is 4.57. The topological polar surface area (TPSA) is 75.5 Å². The third-order valence-electron chi connectivity index (χ3n) is 4.20. The van der Waals surface area contributed by atoms with Gasteiger partial charge in [-0.15, -0.1) is 10.2 Å². The molecule has 7 nitrogen and oxygen atoms in total. The Bertz CT molecular complexity index is 839. The van der Waals surface area contributed by atoms with Crippen molar-refractivity contribution < 1.29 is 0 Å². The minimum atomic E-state index is 0.679. The zero-order valence-corrected chi connectivity index (χ0v) is 15.0. The van der Waals surface area contributed by atoms with Gasteiger partial charge in [0.15, 0.2) is 16.4 Å². The van der Waals surface area contributed by atoms with E-state index in [1.54, 1.807) is 12.4 Å². The van der Waals surface area contributed by atoms with Crippen LogP contribution in [0.1, 0.15) is 31.9 Å². The first-order chi connectivity index (χ1) is 11.8. The van der Waals surface area contributed by atoms with E-state index in [9.17, 15) is 0 Å². The summed E-state index contributed by atoms with van der Waals surface area (Å²) in [5.41, 5.74) is 2.08. The highest BCUT2D eigenvalue weighted by Crippen LogP contribution is 2.35. The molecule has 0 bridgehead atoms. The zero-order valence-electron chi connectivity index (χ0n) is 13.4. The van der Waals surface area contributed by atoms with Gasteiger partial charge in [-0.2, -0.15) is 0 Å². The molecule has 0 aromatic carbocycles. The van der Waals surface area contributed by atoms with Crippen LogP contribution < -0.4 is 4.90 Å². The maximum atomic E-state index is 4.59. The minimum absolute atomic E-state index is 0.679. The normalized spacial score (nSPS) is 13.0. The molecule has 4 heterocycles. The zero-order chi connectivity index (χ0) is 16.5. The van der Waals surface area contributed by atoms with E-state index >= 15 is 0 Å². The molecule has 1 aliphatic heterocycles. The molecule has 124 valence electrons. The number of imidazole rings is 1. The maximum absolute atomic E-state index is 4.59. The molecule has 0 amide bonds. The van der Waals surface area contributed by atoms with Crippen LogP contribution in [0.4, 0.5) is 11.8 Å². The molecule has 0 saturated carbocycles. The summed E-state index contributed by atoms with van der Waals surface area (Å²) >= 11 is 3.45. The summed E-state index contributed by atoms with van der Waals surface area (Å²) in [6, 6.07) is 3.91. The summed E-state index contributed by atoms with van der Waals surface area (Å²) in [4.78, 5) is 14.1. The van der Waals surface area contributed by atoms with Crippen molar-refractivity contribution in [3.63, 3.8) is 0 Å². The second-order valence-corrected chi connectivity index (χ2v) is 6.59. The molecule has 0 atom stereocenters. The number of pyridine rings is 1. The van der Waals surface area contributed by atoms with E-state index < -0.39 is 0 Å². The molecule has 1 aliphatic rings. The fraction of sp³-hybridized carbons (Fsp3) is 0.375. The van der Waals surface area contributed by atoms with Crippen molar-refractivity contribution in [1.29, 1.82) is 0 Å². The Morgan fingerprint density at radius 2 is 2.04 bits per heavy atom. The summed E-state index contributed by atoms with van der Waals surface area (Å²) in [5.74, 6) is 2.65. The molecular weight excluding hydrogens is 370 g/mol. The predicted molar refractivity (Wildman–Crippen MR) is 95.2 cm³/mol. The highest BCUT2D eigenvalue weighted by molar-refractivity contribution is 9.10. The summed E-state index contributed by atoms with van der Waals surface area (Å²) in [6.07, 6.45) is 7.01. The van der Waals surface area contributed by atoms with Crippen LogP contribution in [0.5, 0.6) is 0 Å². The quantitative estimate of drug-likeness (QED) is 0.677. The number of nitrogens with zero attached hydrogens (tertiary/aromatic N) is 6. The smallest absolute Gasteiger partial charge is 0.233 e. The van der Waals surface area contributed by atoms with Crippen molar-refractivity contribution in [2.24, 2.45) is 0 Å². The van der Waals surface area contributed by atoms with E-state index in [0.717, 1.165) is 46.5 Å². The van der Waals surface area contributed by atoms with Crippen LogP contribution >= 0.6 is 15.9 Å². The Labute approximate surface area is 148 Å². The number of H-pyrrole nitrogens is 1. The summed E-state index contributed by atoms with van der Waals surface area (Å²) < 4.78 is 2.88. The number of aromatic amines is 1. The Balaban J connectivity index is 1.76. The van der Waals surface area contributed by atoms with E-state index in [0.29, 0.717) is 6.54 Å². The van der Waals surface area contributed by atoms with Crippen molar-refractivity contribution >= 4 is 27.7 Å². The first-order valence-electron chi connectivity index (χ1n) is 8.13. The van der Waals surface area contributed by atoms with Crippen LogP contribution in [0.15, 0.2) is 29.3 Å². The molecule has 8 heteroatoms. The Kier molecular flexibility index (Phi) is 4.05. The fourth-order valence-corrected chi connectivity index (χ4v) is 3.44. The molecule has 0 fully saturated rings. The first-order valence-corrected chi connectivity index (χ1v) is 8.92. The largest absolute Gasteiger partial charge is 0.333 e. The maximum Gasteiger partial charge on any atom is 0.233 e. The van der Waals surface area contributed by atoms with Crippen LogP contribution in [0.3, 0.4) is 0 Å². The van der Waals surface area contributed by atoms with Crippen LogP contribution in [-0.2, 0) is 6.54 Å². The number of fused-ring (bicyclic) bond motifs is 2. The van der Waals surface area contributed by atoms with Gasteiger partial charge in [0, 0.05) is 24.5 Å². The molecule has 0 spiro atoms. The summed E-state index contributed by atoms with van der Waals surface area (Å²) in [7, 11) is 0. The van der Waals surface area contributed by atoms with Crippen molar-refractivity contribution in [1.82, 2.24) is 29.7 Å². The van der Waals surface area contributed by atoms with Crippen molar-refractivity contribution in [2.75, 3.05) is 11.4 Å². The average molecular weight is 388 g/mol. The molecule has 0 radical (unpaired) electrons. The lowest BCUT2D eigenvalue weighted by molar-refractivity contribution is 0.668. The van der Waals surface area contributed by atoms with Crippen LogP contribution in [-0.4, -0.2) is 36.3 Å². The summed E-state index contributed by atoms with van der Waals surface area (Å²) in [6.45, 7) is 3.77. The number of hydrogen-bond acceptors (Lipinski definition) is 5. The Hall–Kier alpha value is -2.22. The lowest BCUT2D eigenvalue weighted by Gasteiger charge is -2.27. The van der Waals surface area contributed by atoms with Gasteiger partial charge in [-0.3, -0.25) is 14.5 Å². The molecule has 0 unspecified atom stereocenters. The minimum Gasteiger partial charge on any atom is -0.333 e. The molecule has 24 heavy (non-hydrogen) atoms. The Morgan fingerprint density at radius 1 is 1.21 bits per heavy atom. The van der Waals surface area contributed by atoms with Gasteiger partial charge < -0.3 is 4.98 Å². The lowest BCUT2D eigenvalue weighted by Crippen LogP contribution is -2.28. The van der Waals surface area contributed by atoms with Gasteiger partial charge in [0.25, 0.3) is 0 Å². The number of aromatic nitrogens is 6. The third kappa shape index (κ3) is 2.60. The molecular formula is C16H18BrN7. The second-order valence-electron chi connectivity index (χ2n) is 5.83. The van der Waals surface area contributed by atoms with Gasteiger partial charge in [-0.1, -0.05) is 19.8 Å². The monoisotopic (exact) mass is 387 g/mol.